The lowest BCUT2D eigenvalue weighted by atomic mass is 9.84. The van der Waals surface area contributed by atoms with Crippen molar-refractivity contribution in [2.45, 2.75) is 76.1 Å². The topological polar surface area (TPSA) is 50.5 Å². The van der Waals surface area contributed by atoms with Gasteiger partial charge in [0.2, 0.25) is 0 Å². The number of aromatic nitrogens is 2. The van der Waals surface area contributed by atoms with E-state index in [1.54, 1.807) is 13.3 Å². The van der Waals surface area contributed by atoms with E-state index in [4.69, 9.17) is 4.74 Å². The summed E-state index contributed by atoms with van der Waals surface area (Å²) in [6.07, 6.45) is 7.47. The molecule has 0 aliphatic carbocycles. The maximum absolute atomic E-state index is 11.4. The Hall–Kier alpha value is -1.85. The molecule has 4 rings (SSSR count). The minimum atomic E-state index is -0.822. The van der Waals surface area contributed by atoms with Crippen molar-refractivity contribution in [3.8, 4) is 5.75 Å². The Balaban J connectivity index is 1.59. The van der Waals surface area contributed by atoms with Crippen LogP contribution in [0.5, 0.6) is 5.75 Å². The van der Waals surface area contributed by atoms with Crippen molar-refractivity contribution in [2.75, 3.05) is 7.11 Å². The molecule has 2 bridgehead atoms. The Labute approximate surface area is 168 Å². The Morgan fingerprint density at radius 3 is 2.43 bits per heavy atom. The average molecular weight is 384 g/mol. The van der Waals surface area contributed by atoms with Gasteiger partial charge in [0.25, 0.3) is 0 Å². The van der Waals surface area contributed by atoms with Crippen LogP contribution in [0.25, 0.3) is 0 Å². The molecule has 2 aliphatic heterocycles. The van der Waals surface area contributed by atoms with Crippen LogP contribution in [-0.2, 0) is 24.6 Å². The first-order valence-electron chi connectivity index (χ1n) is 10.3. The lowest BCUT2D eigenvalue weighted by Crippen LogP contribution is -2.50. The van der Waals surface area contributed by atoms with Crippen LogP contribution in [0.1, 0.15) is 63.4 Å². The first-order chi connectivity index (χ1) is 13.2. The monoisotopic (exact) mass is 383 g/mol. The summed E-state index contributed by atoms with van der Waals surface area (Å²) in [4.78, 5) is 7.04. The second kappa shape index (κ2) is 6.89. The normalized spacial score (nSPS) is 27.9. The van der Waals surface area contributed by atoms with Crippen molar-refractivity contribution in [1.82, 2.24) is 14.5 Å². The lowest BCUT2D eigenvalue weighted by molar-refractivity contribution is -0.0670. The highest BCUT2D eigenvalue weighted by molar-refractivity contribution is 5.40. The second-order valence-corrected chi connectivity index (χ2v) is 9.64. The fourth-order valence-corrected chi connectivity index (χ4v) is 5.14. The van der Waals surface area contributed by atoms with Crippen molar-refractivity contribution in [3.63, 3.8) is 0 Å². The first kappa shape index (κ1) is 19.5. The molecule has 1 unspecified atom stereocenters. The standard InChI is InChI=1S/C23H33N3O2/c1-22(2,3)17-6-9-20(28-5)16(12-17)15-26-18-7-8-19(26)14-23(27,13-18)21-24-10-11-25(21)4/h6,9-12,18-19,27H,7-8,13-15H2,1-5H3/t18-,19+,23?. The third kappa shape index (κ3) is 3.35. The predicted octanol–water partition coefficient (Wildman–Crippen LogP) is 3.74. The summed E-state index contributed by atoms with van der Waals surface area (Å²) in [5.74, 6) is 1.76. The molecule has 28 heavy (non-hydrogen) atoms. The zero-order chi connectivity index (χ0) is 20.1. The minimum absolute atomic E-state index is 0.111. The number of hydrogen-bond acceptors (Lipinski definition) is 4. The van der Waals surface area contributed by atoms with E-state index in [9.17, 15) is 5.11 Å². The molecule has 1 aromatic carbocycles. The van der Waals surface area contributed by atoms with Crippen LogP contribution >= 0.6 is 0 Å². The van der Waals surface area contributed by atoms with Gasteiger partial charge in [0.05, 0.1) is 7.11 Å². The summed E-state index contributed by atoms with van der Waals surface area (Å²) >= 11 is 0. The van der Waals surface area contributed by atoms with Gasteiger partial charge in [-0.2, -0.15) is 0 Å². The molecule has 0 radical (unpaired) electrons. The van der Waals surface area contributed by atoms with Gasteiger partial charge in [-0.15, -0.1) is 0 Å². The molecule has 2 aliphatic rings. The Bertz CT molecular complexity index is 838. The number of rotatable bonds is 4. The fraction of sp³-hybridized carbons (Fsp3) is 0.609. The molecule has 3 atom stereocenters. The van der Waals surface area contributed by atoms with Gasteiger partial charge in [-0.1, -0.05) is 32.9 Å². The molecule has 152 valence electrons. The van der Waals surface area contributed by atoms with E-state index < -0.39 is 5.60 Å². The van der Waals surface area contributed by atoms with Crippen LogP contribution in [0, 0.1) is 0 Å². The van der Waals surface area contributed by atoms with Gasteiger partial charge in [0.15, 0.2) is 0 Å². The van der Waals surface area contributed by atoms with Crippen LogP contribution in [0.2, 0.25) is 0 Å². The van der Waals surface area contributed by atoms with Crippen LogP contribution in [0.4, 0.5) is 0 Å². The van der Waals surface area contributed by atoms with Crippen LogP contribution in [-0.4, -0.2) is 38.8 Å². The molecular weight excluding hydrogens is 350 g/mol. The summed E-state index contributed by atoms with van der Waals surface area (Å²) in [6, 6.07) is 7.34. The number of fused-ring (bicyclic) bond motifs is 2. The van der Waals surface area contributed by atoms with E-state index in [0.29, 0.717) is 12.1 Å². The molecule has 5 heteroatoms. The molecule has 3 heterocycles. The molecule has 0 saturated carbocycles. The average Bonchev–Trinajstić information content (AvgIpc) is 3.16. The summed E-state index contributed by atoms with van der Waals surface area (Å²) in [5, 5.41) is 11.4. The van der Waals surface area contributed by atoms with Gasteiger partial charge >= 0.3 is 0 Å². The molecule has 0 amide bonds. The number of piperidine rings is 1. The highest BCUT2D eigenvalue weighted by Crippen LogP contribution is 2.46. The van der Waals surface area contributed by atoms with Crippen LogP contribution < -0.4 is 4.74 Å². The molecule has 2 aromatic rings. The highest BCUT2D eigenvalue weighted by Gasteiger charge is 2.49. The predicted molar refractivity (Wildman–Crippen MR) is 110 cm³/mol. The van der Waals surface area contributed by atoms with Gasteiger partial charge in [-0.05, 0) is 42.7 Å². The number of hydrogen-bond donors (Lipinski definition) is 1. The van der Waals surface area contributed by atoms with Crippen LogP contribution in [0.15, 0.2) is 30.6 Å². The Morgan fingerprint density at radius 1 is 1.21 bits per heavy atom. The van der Waals surface area contributed by atoms with E-state index in [0.717, 1.165) is 43.8 Å². The van der Waals surface area contributed by atoms with Gasteiger partial charge in [0, 0.05) is 43.6 Å². The smallest absolute Gasteiger partial charge is 0.140 e. The van der Waals surface area contributed by atoms with Crippen molar-refractivity contribution in [1.29, 1.82) is 0 Å². The molecule has 0 spiro atoms. The Morgan fingerprint density at radius 2 is 1.89 bits per heavy atom. The number of nitrogens with zero attached hydrogens (tertiary/aromatic N) is 3. The first-order valence-corrected chi connectivity index (χ1v) is 10.3. The maximum Gasteiger partial charge on any atom is 0.140 e. The van der Waals surface area contributed by atoms with Crippen molar-refractivity contribution in [2.24, 2.45) is 7.05 Å². The highest BCUT2D eigenvalue weighted by atomic mass is 16.5. The third-order valence-electron chi connectivity index (χ3n) is 6.65. The molecule has 2 fully saturated rings. The minimum Gasteiger partial charge on any atom is -0.496 e. The summed E-state index contributed by atoms with van der Waals surface area (Å²) in [5.41, 5.74) is 1.87. The summed E-state index contributed by atoms with van der Waals surface area (Å²) in [7, 11) is 3.72. The second-order valence-electron chi connectivity index (χ2n) is 9.64. The van der Waals surface area contributed by atoms with Crippen LogP contribution in [0.3, 0.4) is 0 Å². The number of benzene rings is 1. The van der Waals surface area contributed by atoms with E-state index in [2.05, 4.69) is 48.9 Å². The van der Waals surface area contributed by atoms with Gasteiger partial charge in [0.1, 0.15) is 17.2 Å². The summed E-state index contributed by atoms with van der Waals surface area (Å²) in [6.45, 7) is 7.61. The zero-order valence-electron chi connectivity index (χ0n) is 17.8. The largest absolute Gasteiger partial charge is 0.496 e. The number of methoxy groups -OCH3 is 1. The van der Waals surface area contributed by atoms with Crippen molar-refractivity contribution >= 4 is 0 Å². The number of ether oxygens (including phenoxy) is 1. The van der Waals surface area contributed by atoms with Gasteiger partial charge in [-0.25, -0.2) is 4.98 Å². The van der Waals surface area contributed by atoms with E-state index in [-0.39, 0.29) is 5.41 Å². The van der Waals surface area contributed by atoms with E-state index in [1.807, 2.05) is 17.8 Å². The number of aryl methyl sites for hydroxylation is 1. The molecule has 5 nitrogen and oxygen atoms in total. The molecule has 1 N–H and O–H groups in total. The molecule has 2 saturated heterocycles. The molecule has 1 aromatic heterocycles. The molecular formula is C23H33N3O2. The van der Waals surface area contributed by atoms with E-state index in [1.165, 1.54) is 11.1 Å². The summed E-state index contributed by atoms with van der Waals surface area (Å²) < 4.78 is 7.63. The van der Waals surface area contributed by atoms with Gasteiger partial charge in [-0.3, -0.25) is 4.90 Å². The van der Waals surface area contributed by atoms with E-state index >= 15 is 0 Å². The zero-order valence-corrected chi connectivity index (χ0v) is 17.8. The Kier molecular flexibility index (Phi) is 4.79. The maximum atomic E-state index is 11.4. The number of aliphatic hydroxyl groups is 1. The quantitative estimate of drug-likeness (QED) is 0.874. The fourth-order valence-electron chi connectivity index (χ4n) is 5.14. The number of imidazole rings is 1. The van der Waals surface area contributed by atoms with Crippen molar-refractivity contribution < 1.29 is 9.84 Å². The van der Waals surface area contributed by atoms with Crippen molar-refractivity contribution in [3.05, 3.63) is 47.5 Å². The SMILES string of the molecule is COc1ccc(C(C)(C)C)cc1CN1[C@@H]2CC[C@H]1CC(O)(c1nccn1C)C2. The lowest BCUT2D eigenvalue weighted by Gasteiger charge is -2.43. The van der Waals surface area contributed by atoms with Gasteiger partial charge < -0.3 is 14.4 Å². The third-order valence-corrected chi connectivity index (χ3v) is 6.65.